The molecule has 19 heavy (non-hydrogen) atoms. The summed E-state index contributed by atoms with van der Waals surface area (Å²) in [5.74, 6) is 0.655. The van der Waals surface area contributed by atoms with Crippen molar-refractivity contribution in [2.75, 3.05) is 0 Å². The maximum absolute atomic E-state index is 12.2. The minimum absolute atomic E-state index is 0.161. The Labute approximate surface area is 122 Å². The Morgan fingerprint density at radius 2 is 1.79 bits per heavy atom. The average molecular weight is 317 g/mol. The van der Waals surface area contributed by atoms with Crippen LogP contribution in [0, 0.1) is 0 Å². The number of carbonyl (C=O) groups excluding carboxylic acids is 1. The highest BCUT2D eigenvalue weighted by atomic mass is 79.9. The second-order valence-corrected chi connectivity index (χ2v) is 5.92. The fourth-order valence-electron chi connectivity index (χ4n) is 1.99. The van der Waals surface area contributed by atoms with Gasteiger partial charge < -0.3 is 0 Å². The van der Waals surface area contributed by atoms with E-state index < -0.39 is 0 Å². The lowest BCUT2D eigenvalue weighted by molar-refractivity contribution is 0.0993. The predicted molar refractivity (Wildman–Crippen MR) is 82.7 cm³/mol. The first-order valence-corrected chi connectivity index (χ1v) is 7.23. The number of ketones is 1. The molecule has 0 saturated carbocycles. The second kappa shape index (κ2) is 6.16. The van der Waals surface area contributed by atoms with E-state index in [0.717, 1.165) is 15.6 Å². The standard InChI is InChI=1S/C17H17BrO/c1-12(2)14-6-8-15(9-7-14)17(19)11-13-4-3-5-16(18)10-13/h3-10,12H,11H2,1-2H3. The zero-order valence-electron chi connectivity index (χ0n) is 11.2. The minimum atomic E-state index is 0.161. The molecule has 0 heterocycles. The summed E-state index contributed by atoms with van der Waals surface area (Å²) in [5.41, 5.74) is 3.08. The first kappa shape index (κ1) is 14.0. The van der Waals surface area contributed by atoms with Gasteiger partial charge in [-0.3, -0.25) is 4.79 Å². The van der Waals surface area contributed by atoms with Crippen molar-refractivity contribution in [3.05, 3.63) is 69.7 Å². The summed E-state index contributed by atoms with van der Waals surface area (Å²) in [4.78, 5) is 12.2. The summed E-state index contributed by atoms with van der Waals surface area (Å²) in [7, 11) is 0. The molecule has 0 aliphatic carbocycles. The van der Waals surface area contributed by atoms with Crippen LogP contribution in [0.15, 0.2) is 53.0 Å². The third-order valence-corrected chi connectivity index (χ3v) is 3.65. The number of hydrogen-bond acceptors (Lipinski definition) is 1. The van der Waals surface area contributed by atoms with E-state index in [1.807, 2.05) is 48.5 Å². The average Bonchev–Trinajstić information content (AvgIpc) is 2.39. The number of carbonyl (C=O) groups is 1. The maximum atomic E-state index is 12.2. The molecule has 2 rings (SSSR count). The Bertz CT molecular complexity index is 570. The van der Waals surface area contributed by atoms with Crippen LogP contribution < -0.4 is 0 Å². The van der Waals surface area contributed by atoms with Gasteiger partial charge in [-0.15, -0.1) is 0 Å². The summed E-state index contributed by atoms with van der Waals surface area (Å²) in [6.45, 7) is 4.30. The van der Waals surface area contributed by atoms with Crippen LogP contribution >= 0.6 is 15.9 Å². The molecule has 0 aliphatic heterocycles. The Morgan fingerprint density at radius 1 is 1.11 bits per heavy atom. The van der Waals surface area contributed by atoms with Crippen molar-refractivity contribution < 1.29 is 4.79 Å². The van der Waals surface area contributed by atoms with Gasteiger partial charge in [0, 0.05) is 16.5 Å². The van der Waals surface area contributed by atoms with E-state index >= 15 is 0 Å². The van der Waals surface area contributed by atoms with Crippen LogP contribution in [0.1, 0.15) is 41.3 Å². The molecule has 0 fully saturated rings. The van der Waals surface area contributed by atoms with Gasteiger partial charge in [0.2, 0.25) is 0 Å². The molecule has 0 amide bonds. The van der Waals surface area contributed by atoms with Gasteiger partial charge >= 0.3 is 0 Å². The summed E-state index contributed by atoms with van der Waals surface area (Å²) >= 11 is 3.42. The third kappa shape index (κ3) is 3.77. The fourth-order valence-corrected chi connectivity index (χ4v) is 2.43. The van der Waals surface area contributed by atoms with Crippen LogP contribution in [0.5, 0.6) is 0 Å². The summed E-state index contributed by atoms with van der Waals surface area (Å²) in [6, 6.07) is 15.8. The van der Waals surface area contributed by atoms with Crippen molar-refractivity contribution in [3.63, 3.8) is 0 Å². The van der Waals surface area contributed by atoms with E-state index in [-0.39, 0.29) is 5.78 Å². The van der Waals surface area contributed by atoms with Gasteiger partial charge in [0.1, 0.15) is 0 Å². The smallest absolute Gasteiger partial charge is 0.167 e. The molecule has 0 atom stereocenters. The summed E-state index contributed by atoms with van der Waals surface area (Å²) < 4.78 is 1.01. The third-order valence-electron chi connectivity index (χ3n) is 3.15. The zero-order valence-corrected chi connectivity index (χ0v) is 12.8. The molecule has 0 bridgehead atoms. The van der Waals surface area contributed by atoms with Gasteiger partial charge in [-0.25, -0.2) is 0 Å². The van der Waals surface area contributed by atoms with E-state index in [1.54, 1.807) is 0 Å². The lowest BCUT2D eigenvalue weighted by atomic mass is 9.98. The molecule has 0 N–H and O–H groups in total. The lowest BCUT2D eigenvalue weighted by Gasteiger charge is -2.06. The topological polar surface area (TPSA) is 17.1 Å². The molecular formula is C17H17BrO. The molecule has 0 saturated heterocycles. The zero-order chi connectivity index (χ0) is 13.8. The molecule has 0 unspecified atom stereocenters. The van der Waals surface area contributed by atoms with Crippen molar-refractivity contribution in [1.82, 2.24) is 0 Å². The summed E-state index contributed by atoms with van der Waals surface area (Å²) in [6.07, 6.45) is 0.445. The number of rotatable bonds is 4. The van der Waals surface area contributed by atoms with Gasteiger partial charge in [-0.05, 0) is 29.2 Å². The number of hydrogen-bond donors (Lipinski definition) is 0. The van der Waals surface area contributed by atoms with E-state index in [1.165, 1.54) is 5.56 Å². The quantitative estimate of drug-likeness (QED) is 0.725. The number of benzene rings is 2. The van der Waals surface area contributed by atoms with Gasteiger partial charge in [-0.2, -0.15) is 0 Å². The molecule has 2 heteroatoms. The molecule has 0 spiro atoms. The van der Waals surface area contributed by atoms with Crippen LogP contribution in [-0.2, 0) is 6.42 Å². The first-order valence-electron chi connectivity index (χ1n) is 6.44. The highest BCUT2D eigenvalue weighted by Crippen LogP contribution is 2.17. The highest BCUT2D eigenvalue weighted by molar-refractivity contribution is 9.10. The van der Waals surface area contributed by atoms with Crippen LogP contribution in [-0.4, -0.2) is 5.78 Å². The summed E-state index contributed by atoms with van der Waals surface area (Å²) in [5, 5.41) is 0. The van der Waals surface area contributed by atoms with Gasteiger partial charge in [0.25, 0.3) is 0 Å². The molecule has 0 aromatic heterocycles. The number of Topliss-reactive ketones (excluding diaryl/α,β-unsaturated/α-hetero) is 1. The van der Waals surface area contributed by atoms with Crippen LogP contribution in [0.25, 0.3) is 0 Å². The van der Waals surface area contributed by atoms with Crippen LogP contribution in [0.2, 0.25) is 0 Å². The van der Waals surface area contributed by atoms with Crippen LogP contribution in [0.3, 0.4) is 0 Å². The molecule has 1 nitrogen and oxygen atoms in total. The van der Waals surface area contributed by atoms with Gasteiger partial charge in [-0.1, -0.05) is 66.2 Å². The van der Waals surface area contributed by atoms with Crippen molar-refractivity contribution in [2.24, 2.45) is 0 Å². The molecule has 2 aromatic carbocycles. The van der Waals surface area contributed by atoms with Crippen molar-refractivity contribution in [1.29, 1.82) is 0 Å². The molecule has 98 valence electrons. The van der Waals surface area contributed by atoms with Crippen molar-refractivity contribution in [3.8, 4) is 0 Å². The van der Waals surface area contributed by atoms with E-state index in [0.29, 0.717) is 12.3 Å². The molecule has 0 aliphatic rings. The van der Waals surface area contributed by atoms with Gasteiger partial charge in [0.15, 0.2) is 5.78 Å². The largest absolute Gasteiger partial charge is 0.294 e. The van der Waals surface area contributed by atoms with E-state index in [4.69, 9.17) is 0 Å². The Hall–Kier alpha value is -1.41. The SMILES string of the molecule is CC(C)c1ccc(C(=O)Cc2cccc(Br)c2)cc1. The molecular weight excluding hydrogens is 300 g/mol. The van der Waals surface area contributed by atoms with Crippen molar-refractivity contribution >= 4 is 21.7 Å². The normalized spacial score (nSPS) is 10.7. The van der Waals surface area contributed by atoms with E-state index in [2.05, 4.69) is 29.8 Å². The Balaban J connectivity index is 2.11. The number of halogens is 1. The van der Waals surface area contributed by atoms with Crippen molar-refractivity contribution in [2.45, 2.75) is 26.2 Å². The first-order chi connectivity index (χ1) is 9.06. The predicted octanol–water partition coefficient (Wildman–Crippen LogP) is 5.00. The molecule has 2 aromatic rings. The van der Waals surface area contributed by atoms with E-state index in [9.17, 15) is 4.79 Å². The maximum Gasteiger partial charge on any atom is 0.167 e. The van der Waals surface area contributed by atoms with Gasteiger partial charge in [0.05, 0.1) is 0 Å². The Morgan fingerprint density at radius 3 is 2.37 bits per heavy atom. The van der Waals surface area contributed by atoms with Crippen LogP contribution in [0.4, 0.5) is 0 Å². The highest BCUT2D eigenvalue weighted by Gasteiger charge is 2.08. The molecule has 0 radical (unpaired) electrons. The fraction of sp³-hybridized carbons (Fsp3) is 0.235. The second-order valence-electron chi connectivity index (χ2n) is 5.01. The lowest BCUT2D eigenvalue weighted by Crippen LogP contribution is -2.03. The minimum Gasteiger partial charge on any atom is -0.294 e. The monoisotopic (exact) mass is 316 g/mol. The Kier molecular flexibility index (Phi) is 4.54.